The number of hydrogen-bond acceptors (Lipinski definition) is 4. The number of amides is 2. The lowest BCUT2D eigenvalue weighted by atomic mass is 10.0. The maximum absolute atomic E-state index is 13.2. The van der Waals surface area contributed by atoms with Crippen LogP contribution in [0.1, 0.15) is 93.3 Å². The molecule has 6 heteroatoms. The largest absolute Gasteiger partial charge is 0.490 e. The van der Waals surface area contributed by atoms with Crippen molar-refractivity contribution < 1.29 is 14.3 Å². The lowest BCUT2D eigenvalue weighted by Crippen LogP contribution is -2.33. The molecular formula is C32H45N3O3. The second-order valence-electron chi connectivity index (χ2n) is 11.5. The lowest BCUT2D eigenvalue weighted by molar-refractivity contribution is -0.116. The first-order valence-corrected chi connectivity index (χ1v) is 14.5. The van der Waals surface area contributed by atoms with Crippen molar-refractivity contribution in [2.45, 2.75) is 91.8 Å². The fourth-order valence-corrected chi connectivity index (χ4v) is 5.52. The van der Waals surface area contributed by atoms with Crippen molar-refractivity contribution in [1.82, 2.24) is 10.2 Å². The van der Waals surface area contributed by atoms with Gasteiger partial charge in [-0.1, -0.05) is 45.2 Å². The fraction of sp³-hybridized carbons (Fsp3) is 0.562. The molecule has 2 amide bonds. The molecule has 0 spiro atoms. The van der Waals surface area contributed by atoms with Crippen LogP contribution in [0.25, 0.3) is 0 Å². The molecule has 0 radical (unpaired) electrons. The summed E-state index contributed by atoms with van der Waals surface area (Å²) in [7, 11) is 0. The van der Waals surface area contributed by atoms with E-state index in [1.54, 1.807) is 6.92 Å². The van der Waals surface area contributed by atoms with Crippen molar-refractivity contribution in [3.63, 3.8) is 0 Å². The van der Waals surface area contributed by atoms with Gasteiger partial charge >= 0.3 is 0 Å². The van der Waals surface area contributed by atoms with Crippen LogP contribution in [0.15, 0.2) is 36.4 Å². The van der Waals surface area contributed by atoms with Crippen molar-refractivity contribution in [3.8, 4) is 5.75 Å². The third kappa shape index (κ3) is 7.59. The Bertz CT molecular complexity index is 1110. The normalized spacial score (nSPS) is 18.7. The minimum atomic E-state index is -0.0906. The molecule has 2 heterocycles. The molecule has 2 aromatic rings. The molecule has 2 aliphatic heterocycles. The van der Waals surface area contributed by atoms with Crippen molar-refractivity contribution in [2.24, 2.45) is 5.92 Å². The van der Waals surface area contributed by atoms with Gasteiger partial charge in [0.15, 0.2) is 0 Å². The molecule has 0 bridgehead atoms. The van der Waals surface area contributed by atoms with E-state index in [9.17, 15) is 9.59 Å². The summed E-state index contributed by atoms with van der Waals surface area (Å²) < 4.78 is 5.81. The number of nitrogens with one attached hydrogen (secondary N) is 1. The van der Waals surface area contributed by atoms with Gasteiger partial charge in [-0.25, -0.2) is 0 Å². The summed E-state index contributed by atoms with van der Waals surface area (Å²) in [5, 5.41) is 3.10. The Morgan fingerprint density at radius 3 is 2.53 bits per heavy atom. The first-order valence-electron chi connectivity index (χ1n) is 14.5. The van der Waals surface area contributed by atoms with E-state index in [-0.39, 0.29) is 17.9 Å². The van der Waals surface area contributed by atoms with E-state index < -0.39 is 0 Å². The average molecular weight is 520 g/mol. The highest BCUT2D eigenvalue weighted by atomic mass is 16.5. The highest BCUT2D eigenvalue weighted by Crippen LogP contribution is 2.30. The summed E-state index contributed by atoms with van der Waals surface area (Å²) in [6.07, 6.45) is 8.01. The van der Waals surface area contributed by atoms with Crippen molar-refractivity contribution >= 4 is 17.5 Å². The predicted molar refractivity (Wildman–Crippen MR) is 154 cm³/mol. The van der Waals surface area contributed by atoms with Crippen LogP contribution < -0.4 is 15.0 Å². The molecular weight excluding hydrogens is 474 g/mol. The molecule has 2 aromatic carbocycles. The fourth-order valence-electron chi connectivity index (χ4n) is 5.52. The van der Waals surface area contributed by atoms with Crippen molar-refractivity contribution in [2.75, 3.05) is 24.5 Å². The van der Waals surface area contributed by atoms with Gasteiger partial charge in [0.25, 0.3) is 5.91 Å². The average Bonchev–Trinajstić information content (AvgIpc) is 3.25. The highest BCUT2D eigenvalue weighted by molar-refractivity contribution is 5.97. The molecule has 4 rings (SSSR count). The summed E-state index contributed by atoms with van der Waals surface area (Å²) in [5.74, 6) is 1.55. The van der Waals surface area contributed by atoms with Crippen LogP contribution in [0.3, 0.4) is 0 Å². The number of hydrogen-bond donors (Lipinski definition) is 1. The van der Waals surface area contributed by atoms with E-state index >= 15 is 0 Å². The summed E-state index contributed by atoms with van der Waals surface area (Å²) in [4.78, 5) is 30.3. The quantitative estimate of drug-likeness (QED) is 0.501. The van der Waals surface area contributed by atoms with Gasteiger partial charge in [0.2, 0.25) is 5.91 Å². The van der Waals surface area contributed by atoms with E-state index in [4.69, 9.17) is 4.74 Å². The minimum absolute atomic E-state index is 0.0594. The maximum Gasteiger partial charge on any atom is 0.251 e. The third-order valence-corrected chi connectivity index (χ3v) is 7.70. The summed E-state index contributed by atoms with van der Waals surface area (Å²) in [5.41, 5.74) is 4.91. The number of carbonyl (C=O) groups is 2. The molecule has 0 aliphatic carbocycles. The van der Waals surface area contributed by atoms with E-state index in [0.29, 0.717) is 18.0 Å². The van der Waals surface area contributed by atoms with Gasteiger partial charge in [0, 0.05) is 44.2 Å². The highest BCUT2D eigenvalue weighted by Gasteiger charge is 2.21. The molecule has 1 atom stereocenters. The third-order valence-electron chi connectivity index (χ3n) is 7.70. The monoisotopic (exact) mass is 519 g/mol. The Hall–Kier alpha value is -2.86. The molecule has 1 N–H and O–H groups in total. The molecule has 1 unspecified atom stereocenters. The number of rotatable bonds is 6. The molecule has 2 aliphatic rings. The number of anilines is 1. The van der Waals surface area contributed by atoms with E-state index in [1.807, 2.05) is 35.2 Å². The first-order chi connectivity index (χ1) is 18.3. The second kappa shape index (κ2) is 13.3. The number of benzene rings is 2. The number of nitrogens with zero attached hydrogens (tertiary/aromatic N) is 2. The first kappa shape index (κ1) is 28.2. The second-order valence-corrected chi connectivity index (χ2v) is 11.5. The zero-order chi connectivity index (χ0) is 27.1. The zero-order valence-electron chi connectivity index (χ0n) is 23.7. The Morgan fingerprint density at radius 2 is 1.76 bits per heavy atom. The Labute approximate surface area is 228 Å². The van der Waals surface area contributed by atoms with Gasteiger partial charge in [-0.3, -0.25) is 14.5 Å². The maximum atomic E-state index is 13.2. The number of fused-ring (bicyclic) bond motifs is 2. The Morgan fingerprint density at radius 1 is 1.00 bits per heavy atom. The summed E-state index contributed by atoms with van der Waals surface area (Å²) in [6, 6.07) is 12.0. The molecule has 38 heavy (non-hydrogen) atoms. The number of carbonyl (C=O) groups excluding carboxylic acids is 2. The van der Waals surface area contributed by atoms with Crippen LogP contribution in [0, 0.1) is 5.92 Å². The van der Waals surface area contributed by atoms with Crippen LogP contribution >= 0.6 is 0 Å². The van der Waals surface area contributed by atoms with Gasteiger partial charge < -0.3 is 15.0 Å². The smallest absolute Gasteiger partial charge is 0.251 e. The number of ether oxygens (including phenoxy) is 1. The van der Waals surface area contributed by atoms with E-state index in [2.05, 4.69) is 37.1 Å². The Balaban J connectivity index is 1.55. The molecule has 0 saturated carbocycles. The Kier molecular flexibility index (Phi) is 9.84. The predicted octanol–water partition coefficient (Wildman–Crippen LogP) is 6.11. The molecule has 6 nitrogen and oxygen atoms in total. The molecule has 0 aromatic heterocycles. The molecule has 0 fully saturated rings. The van der Waals surface area contributed by atoms with Crippen molar-refractivity contribution in [1.29, 1.82) is 0 Å². The topological polar surface area (TPSA) is 61.9 Å². The van der Waals surface area contributed by atoms with Gasteiger partial charge in [-0.05, 0) is 86.1 Å². The van der Waals surface area contributed by atoms with E-state index in [0.717, 1.165) is 74.4 Å². The van der Waals surface area contributed by atoms with Crippen LogP contribution in [-0.2, 0) is 24.3 Å². The molecule has 206 valence electrons. The van der Waals surface area contributed by atoms with Crippen LogP contribution in [0.4, 0.5) is 5.69 Å². The van der Waals surface area contributed by atoms with E-state index in [1.165, 1.54) is 24.8 Å². The van der Waals surface area contributed by atoms with Crippen LogP contribution in [-0.4, -0.2) is 42.5 Å². The van der Waals surface area contributed by atoms with Crippen molar-refractivity contribution in [3.05, 3.63) is 58.7 Å². The van der Waals surface area contributed by atoms with Gasteiger partial charge in [0.1, 0.15) is 11.9 Å². The van der Waals surface area contributed by atoms with Crippen LogP contribution in [0.2, 0.25) is 0 Å². The van der Waals surface area contributed by atoms with Gasteiger partial charge in [-0.15, -0.1) is 0 Å². The SMILES string of the molecule is CC(=O)N1CCCCCCCN(CCC(C)C)Cc2cc(C(=O)NCc3ccc4c(c3)CC(C)O4)ccc21. The lowest BCUT2D eigenvalue weighted by Gasteiger charge is -2.29. The summed E-state index contributed by atoms with van der Waals surface area (Å²) in [6.45, 7) is 12.3. The molecule has 0 saturated heterocycles. The van der Waals surface area contributed by atoms with Gasteiger partial charge in [0.05, 0.1) is 0 Å². The van der Waals surface area contributed by atoms with Gasteiger partial charge in [-0.2, -0.15) is 0 Å². The standard InChI is InChI=1S/C32H45N3O3/c1-23(2)14-17-34-15-8-6-5-7-9-16-35(25(4)36)30-12-11-27(20-29(30)22-34)32(37)33-21-26-10-13-31-28(19-26)18-24(3)38-31/h10-13,19-20,23-24H,5-9,14-18,21-22H2,1-4H3,(H,33,37). The summed E-state index contributed by atoms with van der Waals surface area (Å²) >= 11 is 0. The van der Waals surface area contributed by atoms with Crippen LogP contribution in [0.5, 0.6) is 5.75 Å². The minimum Gasteiger partial charge on any atom is -0.490 e. The zero-order valence-corrected chi connectivity index (χ0v) is 23.7.